The van der Waals surface area contributed by atoms with Gasteiger partial charge < -0.3 is 20.3 Å². The molecule has 2 aliphatic rings. The number of carbonyl (C=O) groups is 2. The molecule has 0 saturated carbocycles. The molecule has 2 heterocycles. The Morgan fingerprint density at radius 3 is 2.30 bits per heavy atom. The van der Waals surface area contributed by atoms with Crippen molar-refractivity contribution < 1.29 is 14.3 Å². The van der Waals surface area contributed by atoms with Gasteiger partial charge in [-0.2, -0.15) is 0 Å². The molecule has 2 saturated heterocycles. The highest BCUT2D eigenvalue weighted by atomic mass is 16.5. The molecule has 1 aromatic carbocycles. The van der Waals surface area contributed by atoms with Crippen LogP contribution in [-0.2, 0) is 9.53 Å². The van der Waals surface area contributed by atoms with E-state index in [1.54, 1.807) is 9.80 Å². The van der Waals surface area contributed by atoms with E-state index in [-0.39, 0.29) is 24.0 Å². The van der Waals surface area contributed by atoms with Gasteiger partial charge in [-0.15, -0.1) is 0 Å². The van der Waals surface area contributed by atoms with Crippen LogP contribution in [0.25, 0.3) is 0 Å². The lowest BCUT2D eigenvalue weighted by molar-refractivity contribution is -0.144. The van der Waals surface area contributed by atoms with Gasteiger partial charge >= 0.3 is 0 Å². The topological polar surface area (TPSA) is 75.9 Å². The molecule has 6 nitrogen and oxygen atoms in total. The number of piperazine rings is 1. The molecule has 2 amide bonds. The third-order valence-corrected chi connectivity index (χ3v) is 4.55. The van der Waals surface area contributed by atoms with Crippen molar-refractivity contribution >= 4 is 11.8 Å². The van der Waals surface area contributed by atoms with Gasteiger partial charge in [-0.25, -0.2) is 0 Å². The highest BCUT2D eigenvalue weighted by Gasteiger charge is 2.34. The van der Waals surface area contributed by atoms with Crippen LogP contribution in [-0.4, -0.2) is 66.5 Å². The molecule has 0 aliphatic carbocycles. The van der Waals surface area contributed by atoms with Crippen LogP contribution in [0.15, 0.2) is 30.3 Å². The molecule has 0 spiro atoms. The predicted molar refractivity (Wildman–Crippen MR) is 85.9 cm³/mol. The van der Waals surface area contributed by atoms with Gasteiger partial charge in [0, 0.05) is 38.3 Å². The fourth-order valence-corrected chi connectivity index (χ4v) is 3.16. The minimum atomic E-state index is -0.361. The summed E-state index contributed by atoms with van der Waals surface area (Å²) >= 11 is 0. The van der Waals surface area contributed by atoms with Crippen molar-refractivity contribution in [3.05, 3.63) is 35.9 Å². The third kappa shape index (κ3) is 3.54. The Morgan fingerprint density at radius 2 is 1.70 bits per heavy atom. The zero-order valence-electron chi connectivity index (χ0n) is 13.2. The maximum absolute atomic E-state index is 12.5. The highest BCUT2D eigenvalue weighted by molar-refractivity contribution is 5.94. The fourth-order valence-electron chi connectivity index (χ4n) is 3.16. The minimum absolute atomic E-state index is 0.00453. The molecule has 1 aromatic rings. The number of amides is 2. The van der Waals surface area contributed by atoms with E-state index in [1.165, 1.54) is 0 Å². The molecule has 2 atom stereocenters. The Bertz CT molecular complexity index is 555. The number of hydrogen-bond donors (Lipinski definition) is 1. The van der Waals surface area contributed by atoms with Crippen LogP contribution < -0.4 is 5.73 Å². The van der Waals surface area contributed by atoms with Gasteiger partial charge in [0.1, 0.15) is 6.10 Å². The molecule has 0 unspecified atom stereocenters. The van der Waals surface area contributed by atoms with Crippen molar-refractivity contribution in [2.75, 3.05) is 32.7 Å². The van der Waals surface area contributed by atoms with Crippen molar-refractivity contribution in [2.24, 2.45) is 5.73 Å². The first-order valence-electron chi connectivity index (χ1n) is 8.17. The lowest BCUT2D eigenvalue weighted by Crippen LogP contribution is -2.53. The van der Waals surface area contributed by atoms with Crippen LogP contribution in [0, 0.1) is 0 Å². The van der Waals surface area contributed by atoms with Gasteiger partial charge in [0.15, 0.2) is 0 Å². The molecule has 0 bridgehead atoms. The first-order chi connectivity index (χ1) is 11.2. The van der Waals surface area contributed by atoms with Gasteiger partial charge in [0.25, 0.3) is 11.8 Å². The maximum Gasteiger partial charge on any atom is 0.253 e. The summed E-state index contributed by atoms with van der Waals surface area (Å²) in [5.74, 6) is 0.0609. The molecule has 2 aliphatic heterocycles. The van der Waals surface area contributed by atoms with Gasteiger partial charge in [0.2, 0.25) is 0 Å². The molecule has 6 heteroatoms. The largest absolute Gasteiger partial charge is 0.364 e. The summed E-state index contributed by atoms with van der Waals surface area (Å²) in [6.07, 6.45) is 1.23. The van der Waals surface area contributed by atoms with E-state index in [1.807, 2.05) is 30.3 Å². The van der Waals surface area contributed by atoms with Crippen molar-refractivity contribution in [1.29, 1.82) is 0 Å². The average Bonchev–Trinajstić information content (AvgIpc) is 3.10. The number of rotatable bonds is 3. The molecule has 2 fully saturated rings. The van der Waals surface area contributed by atoms with Gasteiger partial charge in [0.05, 0.1) is 6.10 Å². The average molecular weight is 317 g/mol. The molecule has 2 N–H and O–H groups in total. The number of benzene rings is 1. The second-order valence-corrected chi connectivity index (χ2v) is 6.04. The zero-order chi connectivity index (χ0) is 16.2. The van der Waals surface area contributed by atoms with Crippen molar-refractivity contribution in [3.8, 4) is 0 Å². The molecular weight excluding hydrogens is 294 g/mol. The summed E-state index contributed by atoms with van der Waals surface area (Å²) in [6, 6.07) is 9.25. The van der Waals surface area contributed by atoms with E-state index < -0.39 is 0 Å². The summed E-state index contributed by atoms with van der Waals surface area (Å²) in [5.41, 5.74) is 6.28. The summed E-state index contributed by atoms with van der Waals surface area (Å²) in [4.78, 5) is 28.5. The Balaban J connectivity index is 1.52. The number of nitrogens with zero attached hydrogens (tertiary/aromatic N) is 2. The standard InChI is InChI=1S/C17H23N3O3/c18-12-14-6-7-15(23-14)17(22)20-10-8-19(9-11-20)16(21)13-4-2-1-3-5-13/h1-5,14-15H,6-12,18H2/t14-,15+/m1/s1. The first-order valence-corrected chi connectivity index (χ1v) is 8.17. The third-order valence-electron chi connectivity index (χ3n) is 4.55. The Labute approximate surface area is 136 Å². The molecular formula is C17H23N3O3. The number of ether oxygens (including phenoxy) is 1. The number of nitrogens with two attached hydrogens (primary N) is 1. The van der Waals surface area contributed by atoms with E-state index in [2.05, 4.69) is 0 Å². The quantitative estimate of drug-likeness (QED) is 0.880. The summed E-state index contributed by atoms with van der Waals surface area (Å²) < 4.78 is 5.67. The van der Waals surface area contributed by atoms with Crippen LogP contribution >= 0.6 is 0 Å². The first kappa shape index (κ1) is 16.0. The van der Waals surface area contributed by atoms with E-state index in [9.17, 15) is 9.59 Å². The smallest absolute Gasteiger partial charge is 0.253 e. The van der Waals surface area contributed by atoms with Crippen molar-refractivity contribution in [2.45, 2.75) is 25.0 Å². The van der Waals surface area contributed by atoms with Crippen LogP contribution in [0.4, 0.5) is 0 Å². The normalized spacial score (nSPS) is 24.7. The monoisotopic (exact) mass is 317 g/mol. The minimum Gasteiger partial charge on any atom is -0.364 e. The highest BCUT2D eigenvalue weighted by Crippen LogP contribution is 2.21. The van der Waals surface area contributed by atoms with Crippen molar-refractivity contribution in [3.63, 3.8) is 0 Å². The maximum atomic E-state index is 12.5. The van der Waals surface area contributed by atoms with E-state index in [0.717, 1.165) is 12.8 Å². The van der Waals surface area contributed by atoms with Gasteiger partial charge in [-0.05, 0) is 25.0 Å². The van der Waals surface area contributed by atoms with Crippen LogP contribution in [0.3, 0.4) is 0 Å². The Hall–Kier alpha value is -1.92. The summed E-state index contributed by atoms with van der Waals surface area (Å²) in [6.45, 7) is 2.71. The Kier molecular flexibility index (Phi) is 4.93. The van der Waals surface area contributed by atoms with E-state index in [0.29, 0.717) is 38.3 Å². The second-order valence-electron chi connectivity index (χ2n) is 6.04. The molecule has 23 heavy (non-hydrogen) atoms. The fraction of sp³-hybridized carbons (Fsp3) is 0.529. The zero-order valence-corrected chi connectivity index (χ0v) is 13.2. The molecule has 3 rings (SSSR count). The van der Waals surface area contributed by atoms with Crippen LogP contribution in [0.2, 0.25) is 0 Å². The lowest BCUT2D eigenvalue weighted by atomic mass is 10.1. The number of carbonyl (C=O) groups excluding carboxylic acids is 2. The second kappa shape index (κ2) is 7.10. The van der Waals surface area contributed by atoms with E-state index >= 15 is 0 Å². The molecule has 0 radical (unpaired) electrons. The summed E-state index contributed by atoms with van der Waals surface area (Å²) in [7, 11) is 0. The van der Waals surface area contributed by atoms with E-state index in [4.69, 9.17) is 10.5 Å². The summed E-state index contributed by atoms with van der Waals surface area (Å²) in [5, 5.41) is 0. The van der Waals surface area contributed by atoms with Gasteiger partial charge in [-0.1, -0.05) is 18.2 Å². The van der Waals surface area contributed by atoms with Crippen LogP contribution in [0.5, 0.6) is 0 Å². The number of hydrogen-bond acceptors (Lipinski definition) is 4. The SMILES string of the molecule is NC[C@H]1CC[C@@H](C(=O)N2CCN(C(=O)c3ccccc3)CC2)O1. The Morgan fingerprint density at radius 1 is 1.04 bits per heavy atom. The van der Waals surface area contributed by atoms with Crippen LogP contribution in [0.1, 0.15) is 23.2 Å². The molecule has 124 valence electrons. The van der Waals surface area contributed by atoms with Gasteiger partial charge in [-0.3, -0.25) is 9.59 Å². The predicted octanol–water partition coefficient (Wildman–Crippen LogP) is 0.477. The molecule has 0 aromatic heterocycles. The van der Waals surface area contributed by atoms with Crippen molar-refractivity contribution in [1.82, 2.24) is 9.80 Å². The lowest BCUT2D eigenvalue weighted by Gasteiger charge is -2.35.